The normalized spacial score (nSPS) is 19.6. The molecule has 2 rings (SSSR count). The molecule has 0 heterocycles. The van der Waals surface area contributed by atoms with Gasteiger partial charge in [0.2, 0.25) is 0 Å². The number of benzene rings is 1. The highest BCUT2D eigenvalue weighted by molar-refractivity contribution is 5.39. The molecule has 1 aliphatic rings. The maximum atomic E-state index is 6.80. The lowest BCUT2D eigenvalue weighted by Crippen LogP contribution is -2.34. The van der Waals surface area contributed by atoms with E-state index < -0.39 is 0 Å². The number of rotatable bonds is 4. The monoisotopic (exact) mass is 273 g/mol. The zero-order valence-electron chi connectivity index (χ0n) is 13.9. The molecule has 1 aromatic carbocycles. The highest BCUT2D eigenvalue weighted by atomic mass is 14.7. The van der Waals surface area contributed by atoms with E-state index in [1.807, 2.05) is 0 Å². The van der Waals surface area contributed by atoms with E-state index in [1.165, 1.54) is 54.4 Å². The third-order valence-electron chi connectivity index (χ3n) is 5.29. The van der Waals surface area contributed by atoms with Crippen molar-refractivity contribution in [2.75, 3.05) is 0 Å². The molecule has 1 heteroatoms. The molecule has 0 aliphatic heterocycles. The Morgan fingerprint density at radius 3 is 2.10 bits per heavy atom. The van der Waals surface area contributed by atoms with Crippen LogP contribution in [0.1, 0.15) is 74.2 Å². The van der Waals surface area contributed by atoms with Crippen molar-refractivity contribution in [3.8, 4) is 0 Å². The molecule has 0 radical (unpaired) electrons. The van der Waals surface area contributed by atoms with Crippen molar-refractivity contribution in [2.45, 2.75) is 72.8 Å². The average Bonchev–Trinajstić information content (AvgIpc) is 2.81. The molecular formula is C19H31N. The second-order valence-electron chi connectivity index (χ2n) is 7.44. The number of aryl methyl sites for hydroxylation is 3. The smallest absolute Gasteiger partial charge is 0.0354 e. The van der Waals surface area contributed by atoms with E-state index >= 15 is 0 Å². The fraction of sp³-hybridized carbons (Fsp3) is 0.684. The SMILES string of the molecule is Cc1cc(C)c(C(N)C2(CC(C)C)CCCC2)cc1C. The molecular weight excluding hydrogens is 242 g/mol. The van der Waals surface area contributed by atoms with Crippen LogP contribution in [0, 0.1) is 32.1 Å². The maximum absolute atomic E-state index is 6.80. The average molecular weight is 273 g/mol. The summed E-state index contributed by atoms with van der Waals surface area (Å²) in [7, 11) is 0. The summed E-state index contributed by atoms with van der Waals surface area (Å²) < 4.78 is 0. The van der Waals surface area contributed by atoms with Gasteiger partial charge in [-0.3, -0.25) is 0 Å². The summed E-state index contributed by atoms with van der Waals surface area (Å²) in [6.07, 6.45) is 6.58. The summed E-state index contributed by atoms with van der Waals surface area (Å²) in [5.74, 6) is 0.728. The topological polar surface area (TPSA) is 26.0 Å². The zero-order valence-corrected chi connectivity index (χ0v) is 13.9. The van der Waals surface area contributed by atoms with Gasteiger partial charge >= 0.3 is 0 Å². The fourth-order valence-corrected chi connectivity index (χ4v) is 4.18. The van der Waals surface area contributed by atoms with Crippen molar-refractivity contribution in [2.24, 2.45) is 17.1 Å². The summed E-state index contributed by atoms with van der Waals surface area (Å²) in [6, 6.07) is 4.85. The maximum Gasteiger partial charge on any atom is 0.0354 e. The molecule has 1 saturated carbocycles. The highest BCUT2D eigenvalue weighted by Gasteiger charge is 2.40. The van der Waals surface area contributed by atoms with Crippen LogP contribution < -0.4 is 5.73 Å². The van der Waals surface area contributed by atoms with Crippen molar-refractivity contribution in [1.82, 2.24) is 0 Å². The Bertz CT molecular complexity index is 467. The molecule has 1 aromatic rings. The Morgan fingerprint density at radius 1 is 1.00 bits per heavy atom. The molecule has 1 unspecified atom stereocenters. The third kappa shape index (κ3) is 2.93. The summed E-state index contributed by atoms with van der Waals surface area (Å²) in [5, 5.41) is 0. The Morgan fingerprint density at radius 2 is 1.55 bits per heavy atom. The van der Waals surface area contributed by atoms with Gasteiger partial charge in [0, 0.05) is 6.04 Å². The van der Waals surface area contributed by atoms with Crippen molar-refractivity contribution in [3.05, 3.63) is 34.4 Å². The van der Waals surface area contributed by atoms with Gasteiger partial charge in [-0.25, -0.2) is 0 Å². The van der Waals surface area contributed by atoms with Crippen molar-refractivity contribution < 1.29 is 0 Å². The first-order chi connectivity index (χ1) is 9.35. The van der Waals surface area contributed by atoms with Crippen LogP contribution in [0.15, 0.2) is 12.1 Å². The van der Waals surface area contributed by atoms with Gasteiger partial charge in [0.1, 0.15) is 0 Å². The van der Waals surface area contributed by atoms with Crippen molar-refractivity contribution in [3.63, 3.8) is 0 Å². The second-order valence-corrected chi connectivity index (χ2v) is 7.44. The predicted molar refractivity (Wildman–Crippen MR) is 87.9 cm³/mol. The second kappa shape index (κ2) is 5.89. The van der Waals surface area contributed by atoms with Gasteiger partial charge in [0.05, 0.1) is 0 Å². The molecule has 2 N–H and O–H groups in total. The number of nitrogens with two attached hydrogens (primary N) is 1. The van der Waals surface area contributed by atoms with Gasteiger partial charge in [-0.1, -0.05) is 38.8 Å². The molecule has 0 saturated heterocycles. The van der Waals surface area contributed by atoms with Gasteiger partial charge < -0.3 is 5.73 Å². The van der Waals surface area contributed by atoms with Gasteiger partial charge in [-0.15, -0.1) is 0 Å². The zero-order chi connectivity index (χ0) is 14.9. The highest BCUT2D eigenvalue weighted by Crippen LogP contribution is 2.51. The van der Waals surface area contributed by atoms with Crippen LogP contribution in [0.2, 0.25) is 0 Å². The molecule has 0 aromatic heterocycles. The van der Waals surface area contributed by atoms with E-state index in [0.29, 0.717) is 5.41 Å². The molecule has 112 valence electrons. The third-order valence-corrected chi connectivity index (χ3v) is 5.29. The largest absolute Gasteiger partial charge is 0.323 e. The van der Waals surface area contributed by atoms with Crippen LogP contribution >= 0.6 is 0 Å². The summed E-state index contributed by atoms with van der Waals surface area (Å²) in [6.45, 7) is 11.3. The standard InChI is InChI=1S/C19H31N/c1-13(2)12-19(8-6-7-9-19)18(20)17-11-15(4)14(3)10-16(17)5/h10-11,13,18H,6-9,12,20H2,1-5H3. The molecule has 20 heavy (non-hydrogen) atoms. The van der Waals surface area contributed by atoms with E-state index in [9.17, 15) is 0 Å². The van der Waals surface area contributed by atoms with Crippen molar-refractivity contribution >= 4 is 0 Å². The first-order valence-corrected chi connectivity index (χ1v) is 8.19. The Hall–Kier alpha value is -0.820. The summed E-state index contributed by atoms with van der Waals surface area (Å²) >= 11 is 0. The number of hydrogen-bond acceptors (Lipinski definition) is 1. The van der Waals surface area contributed by atoms with Gasteiger partial charge in [-0.05, 0) is 73.6 Å². The van der Waals surface area contributed by atoms with E-state index in [-0.39, 0.29) is 6.04 Å². The Labute approximate surface area is 125 Å². The van der Waals surface area contributed by atoms with Crippen LogP contribution in [0.3, 0.4) is 0 Å². The lowest BCUT2D eigenvalue weighted by atomic mass is 9.70. The predicted octanol–water partition coefficient (Wildman–Crippen LogP) is 5.22. The van der Waals surface area contributed by atoms with Crippen LogP contribution in [0.25, 0.3) is 0 Å². The van der Waals surface area contributed by atoms with Crippen LogP contribution in [0.5, 0.6) is 0 Å². The Balaban J connectivity index is 2.37. The Kier molecular flexibility index (Phi) is 4.59. The minimum Gasteiger partial charge on any atom is -0.323 e. The van der Waals surface area contributed by atoms with Crippen LogP contribution in [0.4, 0.5) is 0 Å². The lowest BCUT2D eigenvalue weighted by molar-refractivity contribution is 0.183. The van der Waals surface area contributed by atoms with Gasteiger partial charge in [0.25, 0.3) is 0 Å². The van der Waals surface area contributed by atoms with Gasteiger partial charge in [-0.2, -0.15) is 0 Å². The summed E-state index contributed by atoms with van der Waals surface area (Å²) in [5.41, 5.74) is 12.6. The van der Waals surface area contributed by atoms with E-state index in [4.69, 9.17) is 5.73 Å². The van der Waals surface area contributed by atoms with Gasteiger partial charge in [0.15, 0.2) is 0 Å². The molecule has 1 fully saturated rings. The lowest BCUT2D eigenvalue weighted by Gasteiger charge is -2.38. The molecule has 0 bridgehead atoms. The summed E-state index contributed by atoms with van der Waals surface area (Å²) in [4.78, 5) is 0. The van der Waals surface area contributed by atoms with Crippen LogP contribution in [-0.4, -0.2) is 0 Å². The van der Waals surface area contributed by atoms with E-state index in [2.05, 4.69) is 46.8 Å². The number of hydrogen-bond donors (Lipinski definition) is 1. The van der Waals surface area contributed by atoms with Crippen LogP contribution in [-0.2, 0) is 0 Å². The first-order valence-electron chi connectivity index (χ1n) is 8.19. The van der Waals surface area contributed by atoms with Crippen molar-refractivity contribution in [1.29, 1.82) is 0 Å². The molecule has 1 nitrogen and oxygen atoms in total. The molecule has 1 aliphatic carbocycles. The molecule has 0 amide bonds. The minimum absolute atomic E-state index is 0.201. The quantitative estimate of drug-likeness (QED) is 0.800. The molecule has 1 atom stereocenters. The van der Waals surface area contributed by atoms with E-state index in [0.717, 1.165) is 5.92 Å². The first kappa shape index (κ1) is 15.6. The van der Waals surface area contributed by atoms with E-state index in [1.54, 1.807) is 0 Å². The minimum atomic E-state index is 0.201. The fourth-order valence-electron chi connectivity index (χ4n) is 4.18. The molecule has 0 spiro atoms.